The van der Waals surface area contributed by atoms with Gasteiger partial charge in [0, 0.05) is 23.7 Å². The largest absolute Gasteiger partial charge is 0.493 e. The third kappa shape index (κ3) is 3.80. The van der Waals surface area contributed by atoms with E-state index in [1.807, 2.05) is 24.3 Å². The van der Waals surface area contributed by atoms with Gasteiger partial charge in [0.15, 0.2) is 18.1 Å². The molecule has 28 heavy (non-hydrogen) atoms. The van der Waals surface area contributed by atoms with Crippen molar-refractivity contribution in [1.29, 1.82) is 0 Å². The molecule has 3 aromatic rings. The number of halogens is 1. The Hall–Kier alpha value is -3.06. The molecule has 0 atom stereocenters. The van der Waals surface area contributed by atoms with Gasteiger partial charge >= 0.3 is 0 Å². The van der Waals surface area contributed by atoms with Crippen LogP contribution in [-0.2, 0) is 4.79 Å². The third-order valence-electron chi connectivity index (χ3n) is 4.53. The van der Waals surface area contributed by atoms with Crippen LogP contribution in [0.4, 0.5) is 0 Å². The molecule has 0 unspecified atom stereocenters. The van der Waals surface area contributed by atoms with Crippen molar-refractivity contribution in [2.75, 3.05) is 26.8 Å². The van der Waals surface area contributed by atoms with E-state index in [1.54, 1.807) is 36.3 Å². The summed E-state index contributed by atoms with van der Waals surface area (Å²) in [6.45, 7) is 0.987. The molecule has 1 saturated heterocycles. The number of hydrogen-bond acceptors (Lipinski definition) is 6. The number of rotatable bonds is 6. The number of hydrogen-bond donors (Lipinski definition) is 0. The number of aromatic nitrogens is 2. The lowest BCUT2D eigenvalue weighted by molar-refractivity contribution is -0.138. The van der Waals surface area contributed by atoms with Crippen LogP contribution in [0.2, 0.25) is 5.02 Å². The summed E-state index contributed by atoms with van der Waals surface area (Å²) >= 11 is 6.00. The molecule has 0 saturated carbocycles. The van der Waals surface area contributed by atoms with Crippen LogP contribution < -0.4 is 9.47 Å². The van der Waals surface area contributed by atoms with E-state index in [4.69, 9.17) is 25.6 Å². The van der Waals surface area contributed by atoms with Crippen LogP contribution >= 0.6 is 11.6 Å². The Labute approximate surface area is 166 Å². The van der Waals surface area contributed by atoms with Gasteiger partial charge in [0.25, 0.3) is 5.91 Å². The first-order valence-electron chi connectivity index (χ1n) is 8.77. The first-order valence-corrected chi connectivity index (χ1v) is 9.15. The van der Waals surface area contributed by atoms with Crippen LogP contribution in [0.1, 0.15) is 11.8 Å². The summed E-state index contributed by atoms with van der Waals surface area (Å²) in [6.07, 6.45) is 0. The molecule has 0 spiro atoms. The fraction of sp³-hybridized carbons (Fsp3) is 0.250. The van der Waals surface area contributed by atoms with Crippen molar-refractivity contribution in [3.8, 4) is 22.9 Å². The molecule has 1 fully saturated rings. The first-order chi connectivity index (χ1) is 13.6. The minimum absolute atomic E-state index is 0.0237. The normalized spacial score (nSPS) is 13.9. The molecule has 1 aliphatic rings. The van der Waals surface area contributed by atoms with Gasteiger partial charge in [0.1, 0.15) is 0 Å². The number of para-hydroxylation sites is 2. The highest BCUT2D eigenvalue weighted by molar-refractivity contribution is 6.30. The number of carbonyl (C=O) groups is 1. The molecule has 0 bridgehead atoms. The molecule has 0 aliphatic carbocycles. The van der Waals surface area contributed by atoms with Crippen LogP contribution in [0.25, 0.3) is 11.4 Å². The second-order valence-electron chi connectivity index (χ2n) is 6.40. The maximum Gasteiger partial charge on any atom is 0.260 e. The van der Waals surface area contributed by atoms with Crippen molar-refractivity contribution in [2.24, 2.45) is 0 Å². The lowest BCUT2D eigenvalue weighted by Crippen LogP contribution is -2.50. The number of amides is 1. The number of ether oxygens (including phenoxy) is 2. The summed E-state index contributed by atoms with van der Waals surface area (Å²) in [5.74, 6) is 2.06. The Morgan fingerprint density at radius 3 is 2.75 bits per heavy atom. The van der Waals surface area contributed by atoms with E-state index in [2.05, 4.69) is 10.1 Å². The fourth-order valence-electron chi connectivity index (χ4n) is 2.95. The standard InChI is InChI=1S/C20H18ClN3O4/c1-26-16-7-2-3-8-17(16)27-12-18(25)24-10-14(11-24)20-22-19(23-28-20)13-5-4-6-15(21)9-13/h2-9,14H,10-12H2,1H3. The SMILES string of the molecule is COc1ccccc1OCC(=O)N1CC(c2nc(-c3cccc(Cl)c3)no2)C1. The van der Waals surface area contributed by atoms with Crippen molar-refractivity contribution in [1.82, 2.24) is 15.0 Å². The molecule has 7 nitrogen and oxygen atoms in total. The average Bonchev–Trinajstić information content (AvgIpc) is 3.15. The zero-order valence-corrected chi connectivity index (χ0v) is 15.9. The summed E-state index contributed by atoms with van der Waals surface area (Å²) in [4.78, 5) is 18.4. The minimum Gasteiger partial charge on any atom is -0.493 e. The Bertz CT molecular complexity index is 985. The van der Waals surface area contributed by atoms with E-state index < -0.39 is 0 Å². The smallest absolute Gasteiger partial charge is 0.260 e. The fourth-order valence-corrected chi connectivity index (χ4v) is 3.14. The topological polar surface area (TPSA) is 77.7 Å². The third-order valence-corrected chi connectivity index (χ3v) is 4.76. The highest BCUT2D eigenvalue weighted by Crippen LogP contribution is 2.29. The Morgan fingerprint density at radius 1 is 1.21 bits per heavy atom. The maximum atomic E-state index is 12.3. The molecule has 2 heterocycles. The maximum absolute atomic E-state index is 12.3. The van der Waals surface area contributed by atoms with Crippen molar-refractivity contribution in [3.05, 3.63) is 59.4 Å². The first kappa shape index (κ1) is 18.3. The number of methoxy groups -OCH3 is 1. The van der Waals surface area contributed by atoms with E-state index >= 15 is 0 Å². The van der Waals surface area contributed by atoms with Crippen molar-refractivity contribution < 1.29 is 18.8 Å². The summed E-state index contributed by atoms with van der Waals surface area (Å²) in [7, 11) is 1.56. The van der Waals surface area contributed by atoms with Gasteiger partial charge in [-0.3, -0.25) is 4.79 Å². The van der Waals surface area contributed by atoms with Crippen LogP contribution in [0, 0.1) is 0 Å². The predicted molar refractivity (Wildman–Crippen MR) is 103 cm³/mol. The van der Waals surface area contributed by atoms with E-state index in [-0.39, 0.29) is 18.4 Å². The molecule has 0 radical (unpaired) electrons. The molecule has 2 aromatic carbocycles. The lowest BCUT2D eigenvalue weighted by Gasteiger charge is -2.36. The molecule has 8 heteroatoms. The van der Waals surface area contributed by atoms with Crippen LogP contribution in [0.3, 0.4) is 0 Å². The number of benzene rings is 2. The van der Waals surface area contributed by atoms with Crippen LogP contribution in [0.15, 0.2) is 53.1 Å². The predicted octanol–water partition coefficient (Wildman–Crippen LogP) is 3.40. The second-order valence-corrected chi connectivity index (χ2v) is 6.84. The molecule has 144 valence electrons. The highest BCUT2D eigenvalue weighted by Gasteiger charge is 2.35. The van der Waals surface area contributed by atoms with Gasteiger partial charge in [-0.2, -0.15) is 4.98 Å². The lowest BCUT2D eigenvalue weighted by atomic mass is 10.0. The molecule has 4 rings (SSSR count). The Morgan fingerprint density at radius 2 is 2.00 bits per heavy atom. The molecular weight excluding hydrogens is 382 g/mol. The van der Waals surface area contributed by atoms with Gasteiger partial charge < -0.3 is 18.9 Å². The Balaban J connectivity index is 1.31. The van der Waals surface area contributed by atoms with Crippen molar-refractivity contribution in [3.63, 3.8) is 0 Å². The van der Waals surface area contributed by atoms with Gasteiger partial charge in [-0.1, -0.05) is 41.0 Å². The molecule has 1 aromatic heterocycles. The molecule has 1 amide bonds. The summed E-state index contributed by atoms with van der Waals surface area (Å²) in [6, 6.07) is 14.5. The quantitative estimate of drug-likeness (QED) is 0.632. The van der Waals surface area contributed by atoms with Gasteiger partial charge in [-0.25, -0.2) is 0 Å². The van der Waals surface area contributed by atoms with E-state index in [9.17, 15) is 4.79 Å². The van der Waals surface area contributed by atoms with Gasteiger partial charge in [-0.15, -0.1) is 0 Å². The second kappa shape index (κ2) is 7.90. The van der Waals surface area contributed by atoms with Gasteiger partial charge in [-0.05, 0) is 24.3 Å². The summed E-state index contributed by atoms with van der Waals surface area (Å²) < 4.78 is 16.2. The zero-order chi connectivity index (χ0) is 19.5. The number of nitrogens with zero attached hydrogens (tertiary/aromatic N) is 3. The van der Waals surface area contributed by atoms with Gasteiger partial charge in [0.2, 0.25) is 11.7 Å². The molecular formula is C20H18ClN3O4. The summed E-state index contributed by atoms with van der Waals surface area (Å²) in [5, 5.41) is 4.62. The van der Waals surface area contributed by atoms with E-state index in [0.717, 1.165) is 5.56 Å². The monoisotopic (exact) mass is 399 g/mol. The van der Waals surface area contributed by atoms with E-state index in [1.165, 1.54) is 0 Å². The van der Waals surface area contributed by atoms with Crippen LogP contribution in [-0.4, -0.2) is 47.8 Å². The highest BCUT2D eigenvalue weighted by atomic mass is 35.5. The average molecular weight is 400 g/mol. The number of carbonyl (C=O) groups excluding carboxylic acids is 1. The van der Waals surface area contributed by atoms with Gasteiger partial charge in [0.05, 0.1) is 13.0 Å². The zero-order valence-electron chi connectivity index (χ0n) is 15.2. The minimum atomic E-state index is -0.100. The van der Waals surface area contributed by atoms with Crippen molar-refractivity contribution >= 4 is 17.5 Å². The number of likely N-dealkylation sites (tertiary alicyclic amines) is 1. The molecule has 1 aliphatic heterocycles. The van der Waals surface area contributed by atoms with Crippen LogP contribution in [0.5, 0.6) is 11.5 Å². The Kier molecular flexibility index (Phi) is 5.16. The van der Waals surface area contributed by atoms with Crippen molar-refractivity contribution in [2.45, 2.75) is 5.92 Å². The summed E-state index contributed by atoms with van der Waals surface area (Å²) in [5.41, 5.74) is 0.792. The van der Waals surface area contributed by atoms with E-state index in [0.29, 0.717) is 41.3 Å². The molecule has 0 N–H and O–H groups in total.